The number of rotatable bonds is 3. The summed E-state index contributed by atoms with van der Waals surface area (Å²) in [5.41, 5.74) is 10.0. The Labute approximate surface area is 127 Å². The number of hydrogen-bond acceptors (Lipinski definition) is 3. The second kappa shape index (κ2) is 5.53. The summed E-state index contributed by atoms with van der Waals surface area (Å²) >= 11 is 0. The topological polar surface area (TPSA) is 52.3 Å². The Bertz CT molecular complexity index is 712. The maximum Gasteiger partial charge on any atom is 0.123 e. The zero-order valence-electron chi connectivity index (χ0n) is 12.3. The number of nitrogens with two attached hydrogens (primary N) is 1. The third kappa shape index (κ3) is 2.81. The monoisotopic (exact) mass is 301 g/mol. The predicted molar refractivity (Wildman–Crippen MR) is 86.2 cm³/mol. The zero-order chi connectivity index (χ0) is 15.0. The van der Waals surface area contributed by atoms with Crippen molar-refractivity contribution in [2.45, 2.75) is 31.3 Å². The van der Waals surface area contributed by atoms with Crippen molar-refractivity contribution < 1.29 is 8.95 Å². The van der Waals surface area contributed by atoms with Crippen LogP contribution in [0.15, 0.2) is 41.3 Å². The molecule has 0 radical (unpaired) electrons. The van der Waals surface area contributed by atoms with Crippen LogP contribution < -0.4 is 10.5 Å². The molecule has 0 saturated heterocycles. The second-order valence-electron chi connectivity index (χ2n) is 5.55. The predicted octanol–water partition coefficient (Wildman–Crippen LogP) is 3.00. The van der Waals surface area contributed by atoms with Crippen molar-refractivity contribution in [1.82, 2.24) is 0 Å². The molecule has 2 aromatic rings. The van der Waals surface area contributed by atoms with Crippen molar-refractivity contribution in [2.24, 2.45) is 0 Å². The SMILES string of the molecule is Cc1ccc2c(c1)CC(CS(=O)c1cccc(C)c1N)O2. The molecule has 0 saturated carbocycles. The first kappa shape index (κ1) is 14.1. The zero-order valence-corrected chi connectivity index (χ0v) is 13.1. The fourth-order valence-corrected chi connectivity index (χ4v) is 3.99. The minimum atomic E-state index is -1.14. The molecule has 0 bridgehead atoms. The number of benzene rings is 2. The number of nitrogen functional groups attached to an aromatic ring is 1. The van der Waals surface area contributed by atoms with E-state index in [1.165, 1.54) is 11.1 Å². The molecule has 3 nitrogen and oxygen atoms in total. The highest BCUT2D eigenvalue weighted by Crippen LogP contribution is 2.31. The van der Waals surface area contributed by atoms with Crippen LogP contribution in [-0.2, 0) is 17.2 Å². The van der Waals surface area contributed by atoms with Crippen LogP contribution in [0.4, 0.5) is 5.69 Å². The molecular formula is C17H19NO2S. The van der Waals surface area contributed by atoms with E-state index in [0.717, 1.165) is 17.7 Å². The van der Waals surface area contributed by atoms with Crippen molar-refractivity contribution >= 4 is 16.5 Å². The van der Waals surface area contributed by atoms with Crippen LogP contribution in [0.1, 0.15) is 16.7 Å². The number of para-hydroxylation sites is 1. The van der Waals surface area contributed by atoms with E-state index in [9.17, 15) is 4.21 Å². The molecule has 0 spiro atoms. The lowest BCUT2D eigenvalue weighted by molar-refractivity contribution is 0.258. The van der Waals surface area contributed by atoms with Gasteiger partial charge in [0.1, 0.15) is 11.9 Å². The largest absolute Gasteiger partial charge is 0.489 e. The Kier molecular flexibility index (Phi) is 3.72. The van der Waals surface area contributed by atoms with Crippen LogP contribution in [0, 0.1) is 13.8 Å². The van der Waals surface area contributed by atoms with Crippen molar-refractivity contribution in [3.05, 3.63) is 53.1 Å². The average Bonchev–Trinajstić information content (AvgIpc) is 2.83. The Morgan fingerprint density at radius 1 is 1.29 bits per heavy atom. The van der Waals surface area contributed by atoms with E-state index in [1.807, 2.05) is 37.3 Å². The van der Waals surface area contributed by atoms with Crippen LogP contribution in [0.3, 0.4) is 0 Å². The second-order valence-corrected chi connectivity index (χ2v) is 7.02. The van der Waals surface area contributed by atoms with Crippen LogP contribution in [-0.4, -0.2) is 16.1 Å². The third-order valence-corrected chi connectivity index (χ3v) is 5.34. The Hall–Kier alpha value is -1.81. The molecule has 4 heteroatoms. The van der Waals surface area contributed by atoms with Crippen molar-refractivity contribution in [3.8, 4) is 5.75 Å². The van der Waals surface area contributed by atoms with Gasteiger partial charge in [-0.25, -0.2) is 0 Å². The van der Waals surface area contributed by atoms with Crippen LogP contribution >= 0.6 is 0 Å². The fraction of sp³-hybridized carbons (Fsp3) is 0.294. The van der Waals surface area contributed by atoms with Gasteiger partial charge in [-0.1, -0.05) is 29.8 Å². The molecule has 1 aliphatic rings. The van der Waals surface area contributed by atoms with E-state index in [4.69, 9.17) is 10.5 Å². The van der Waals surface area contributed by atoms with Gasteiger partial charge in [0, 0.05) is 6.42 Å². The molecule has 1 heterocycles. The summed E-state index contributed by atoms with van der Waals surface area (Å²) in [6.45, 7) is 4.00. The molecule has 3 rings (SSSR count). The lowest BCUT2D eigenvalue weighted by atomic mass is 10.1. The molecule has 21 heavy (non-hydrogen) atoms. The quantitative estimate of drug-likeness (QED) is 0.887. The fourth-order valence-electron chi connectivity index (χ4n) is 2.65. The molecule has 2 N–H and O–H groups in total. The van der Waals surface area contributed by atoms with Gasteiger partial charge in [0.25, 0.3) is 0 Å². The summed E-state index contributed by atoms with van der Waals surface area (Å²) in [6.07, 6.45) is 0.775. The van der Waals surface area contributed by atoms with Gasteiger partial charge in [0.05, 0.1) is 27.1 Å². The van der Waals surface area contributed by atoms with Gasteiger partial charge in [-0.3, -0.25) is 4.21 Å². The van der Waals surface area contributed by atoms with E-state index in [-0.39, 0.29) is 6.10 Å². The molecule has 2 atom stereocenters. The van der Waals surface area contributed by atoms with Gasteiger partial charge < -0.3 is 10.5 Å². The molecule has 0 aliphatic carbocycles. The molecular weight excluding hydrogens is 282 g/mol. The Balaban J connectivity index is 1.74. The molecule has 0 amide bonds. The first-order valence-corrected chi connectivity index (χ1v) is 8.36. The van der Waals surface area contributed by atoms with Gasteiger partial charge >= 0.3 is 0 Å². The normalized spacial score (nSPS) is 18.1. The highest BCUT2D eigenvalue weighted by molar-refractivity contribution is 7.85. The molecule has 1 aliphatic heterocycles. The Morgan fingerprint density at radius 2 is 2.10 bits per heavy atom. The van der Waals surface area contributed by atoms with E-state index in [1.54, 1.807) is 0 Å². The van der Waals surface area contributed by atoms with Crippen molar-refractivity contribution in [2.75, 3.05) is 11.5 Å². The first-order valence-electron chi connectivity index (χ1n) is 7.04. The summed E-state index contributed by atoms with van der Waals surface area (Å²) in [5.74, 6) is 1.39. The summed E-state index contributed by atoms with van der Waals surface area (Å²) in [7, 11) is -1.14. The Morgan fingerprint density at radius 3 is 2.90 bits per heavy atom. The summed E-state index contributed by atoms with van der Waals surface area (Å²) in [5, 5.41) is 0. The van der Waals surface area contributed by atoms with Gasteiger partial charge in [-0.2, -0.15) is 0 Å². The lowest BCUT2D eigenvalue weighted by Gasteiger charge is -2.12. The third-order valence-electron chi connectivity index (χ3n) is 3.82. The number of aryl methyl sites for hydroxylation is 2. The van der Waals surface area contributed by atoms with Crippen LogP contribution in [0.2, 0.25) is 0 Å². The maximum absolute atomic E-state index is 12.5. The maximum atomic E-state index is 12.5. The molecule has 0 fully saturated rings. The number of anilines is 1. The average molecular weight is 301 g/mol. The van der Waals surface area contributed by atoms with Gasteiger partial charge in [-0.15, -0.1) is 0 Å². The summed E-state index contributed by atoms with van der Waals surface area (Å²) < 4.78 is 18.4. The van der Waals surface area contributed by atoms with E-state index >= 15 is 0 Å². The van der Waals surface area contributed by atoms with E-state index < -0.39 is 10.8 Å². The molecule has 0 aromatic heterocycles. The standard InChI is InChI=1S/C17H19NO2S/c1-11-6-7-15-13(8-11)9-14(20-15)10-21(19)16-5-3-4-12(2)17(16)18/h3-8,14H,9-10,18H2,1-2H3. The van der Waals surface area contributed by atoms with E-state index in [0.29, 0.717) is 16.3 Å². The van der Waals surface area contributed by atoms with E-state index in [2.05, 4.69) is 13.0 Å². The van der Waals surface area contributed by atoms with Gasteiger partial charge in [0.2, 0.25) is 0 Å². The minimum Gasteiger partial charge on any atom is -0.489 e. The molecule has 2 unspecified atom stereocenters. The number of fused-ring (bicyclic) bond motifs is 1. The van der Waals surface area contributed by atoms with Crippen molar-refractivity contribution in [3.63, 3.8) is 0 Å². The summed E-state index contributed by atoms with van der Waals surface area (Å²) in [4.78, 5) is 0.714. The summed E-state index contributed by atoms with van der Waals surface area (Å²) in [6, 6.07) is 11.8. The van der Waals surface area contributed by atoms with Crippen LogP contribution in [0.25, 0.3) is 0 Å². The molecule has 110 valence electrons. The minimum absolute atomic E-state index is 0.0393. The number of hydrogen-bond donors (Lipinski definition) is 1. The number of ether oxygens (including phenoxy) is 1. The van der Waals surface area contributed by atoms with Gasteiger partial charge in [-0.05, 0) is 37.1 Å². The highest BCUT2D eigenvalue weighted by Gasteiger charge is 2.25. The van der Waals surface area contributed by atoms with Gasteiger partial charge in [0.15, 0.2) is 0 Å². The van der Waals surface area contributed by atoms with Crippen LogP contribution in [0.5, 0.6) is 5.75 Å². The first-order chi connectivity index (χ1) is 10.0. The smallest absolute Gasteiger partial charge is 0.123 e. The lowest BCUT2D eigenvalue weighted by Crippen LogP contribution is -2.22. The van der Waals surface area contributed by atoms with Crippen molar-refractivity contribution in [1.29, 1.82) is 0 Å². The highest BCUT2D eigenvalue weighted by atomic mass is 32.2. The molecule has 2 aromatic carbocycles.